The van der Waals surface area contributed by atoms with Gasteiger partial charge in [-0.05, 0) is 50.5 Å². The average molecular weight is 394 g/mol. The first kappa shape index (κ1) is 19.0. The average Bonchev–Trinajstić information content (AvgIpc) is 3.17. The lowest BCUT2D eigenvalue weighted by Gasteiger charge is -2.13. The first-order chi connectivity index (χ1) is 14.0. The predicted octanol–water partition coefficient (Wildman–Crippen LogP) is 4.48. The Morgan fingerprint density at radius 1 is 1.03 bits per heavy atom. The second-order valence-corrected chi connectivity index (χ2v) is 6.97. The van der Waals surface area contributed by atoms with Crippen LogP contribution in [-0.2, 0) is 12.8 Å². The lowest BCUT2D eigenvalue weighted by atomic mass is 10.0. The molecule has 0 saturated carbocycles. The molecular formula is C22H20F2N4O. The van der Waals surface area contributed by atoms with Crippen molar-refractivity contribution in [3.05, 3.63) is 77.0 Å². The minimum absolute atomic E-state index is 0.209. The largest absolute Gasteiger partial charge is 0.496 e. The summed E-state index contributed by atoms with van der Waals surface area (Å²) in [7, 11) is 1.41. The Kier molecular flexibility index (Phi) is 4.96. The Bertz CT molecular complexity index is 1200. The molecule has 7 heteroatoms. The van der Waals surface area contributed by atoms with E-state index in [1.165, 1.54) is 13.2 Å². The Balaban J connectivity index is 1.70. The number of methoxy groups -OCH3 is 1. The van der Waals surface area contributed by atoms with Gasteiger partial charge in [-0.25, -0.2) is 8.78 Å². The molecule has 0 bridgehead atoms. The molecule has 0 aliphatic rings. The van der Waals surface area contributed by atoms with Gasteiger partial charge in [-0.1, -0.05) is 0 Å². The highest BCUT2D eigenvalue weighted by molar-refractivity contribution is 5.79. The fourth-order valence-corrected chi connectivity index (χ4v) is 3.61. The van der Waals surface area contributed by atoms with Crippen molar-refractivity contribution in [1.29, 1.82) is 0 Å². The lowest BCUT2D eigenvalue weighted by Crippen LogP contribution is -2.04. The van der Waals surface area contributed by atoms with Gasteiger partial charge in [0.15, 0.2) is 5.65 Å². The van der Waals surface area contributed by atoms with Crippen LogP contribution < -0.4 is 4.74 Å². The summed E-state index contributed by atoms with van der Waals surface area (Å²) >= 11 is 0. The van der Waals surface area contributed by atoms with Crippen LogP contribution in [0.15, 0.2) is 42.9 Å². The van der Waals surface area contributed by atoms with Gasteiger partial charge < -0.3 is 4.74 Å². The number of halogens is 2. The number of aryl methyl sites for hydroxylation is 3. The zero-order valence-corrected chi connectivity index (χ0v) is 16.4. The van der Waals surface area contributed by atoms with Crippen molar-refractivity contribution >= 4 is 5.65 Å². The first-order valence-corrected chi connectivity index (χ1v) is 9.25. The number of hydrogen-bond acceptors (Lipinski definition) is 4. The van der Waals surface area contributed by atoms with Gasteiger partial charge in [0.05, 0.1) is 7.11 Å². The summed E-state index contributed by atoms with van der Waals surface area (Å²) in [5.41, 5.74) is 5.95. The molecule has 3 heterocycles. The van der Waals surface area contributed by atoms with Crippen LogP contribution in [0, 0.1) is 25.5 Å². The second kappa shape index (κ2) is 7.58. The van der Waals surface area contributed by atoms with Crippen LogP contribution in [0.1, 0.15) is 22.5 Å². The number of benzene rings is 1. The van der Waals surface area contributed by atoms with E-state index in [-0.39, 0.29) is 5.75 Å². The molecular weight excluding hydrogens is 374 g/mol. The van der Waals surface area contributed by atoms with Gasteiger partial charge in [0.2, 0.25) is 0 Å². The van der Waals surface area contributed by atoms with Crippen molar-refractivity contribution in [2.45, 2.75) is 26.7 Å². The molecule has 0 amide bonds. The van der Waals surface area contributed by atoms with Gasteiger partial charge in [0.25, 0.3) is 0 Å². The van der Waals surface area contributed by atoms with Crippen molar-refractivity contribution in [3.8, 4) is 16.9 Å². The smallest absolute Gasteiger partial charge is 0.168 e. The van der Waals surface area contributed by atoms with Crippen molar-refractivity contribution in [2.24, 2.45) is 0 Å². The topological polar surface area (TPSA) is 52.3 Å². The number of ether oxygens (including phenoxy) is 1. The molecule has 0 N–H and O–H groups in total. The van der Waals surface area contributed by atoms with Crippen LogP contribution >= 0.6 is 0 Å². The fraction of sp³-hybridized carbons (Fsp3) is 0.227. The molecule has 0 fully saturated rings. The van der Waals surface area contributed by atoms with E-state index in [0.29, 0.717) is 24.1 Å². The Labute approximate surface area is 167 Å². The van der Waals surface area contributed by atoms with Crippen LogP contribution in [0.3, 0.4) is 0 Å². The molecule has 4 aromatic rings. The standard InChI is InChI=1S/C22H20F2N4O/c1-13-8-14(2)25-11-19(13)17-6-4-16(28-12-26-27-22(17)28)5-7-18-20(24)9-15(23)10-21(18)29-3/h4,6,8-12H,5,7H2,1-3H3. The lowest BCUT2D eigenvalue weighted by molar-refractivity contribution is 0.399. The molecule has 4 rings (SSSR count). The molecule has 29 heavy (non-hydrogen) atoms. The van der Waals surface area contributed by atoms with Crippen LogP contribution in [0.5, 0.6) is 5.75 Å². The highest BCUT2D eigenvalue weighted by atomic mass is 19.1. The Morgan fingerprint density at radius 3 is 2.62 bits per heavy atom. The van der Waals surface area contributed by atoms with Gasteiger partial charge >= 0.3 is 0 Å². The molecule has 3 aromatic heterocycles. The highest BCUT2D eigenvalue weighted by Crippen LogP contribution is 2.29. The molecule has 0 aliphatic heterocycles. The fourth-order valence-electron chi connectivity index (χ4n) is 3.61. The van der Waals surface area contributed by atoms with Crippen LogP contribution in [-0.4, -0.2) is 26.7 Å². The summed E-state index contributed by atoms with van der Waals surface area (Å²) < 4.78 is 34.7. The van der Waals surface area contributed by atoms with Gasteiger partial charge in [-0.3, -0.25) is 9.38 Å². The summed E-state index contributed by atoms with van der Waals surface area (Å²) in [6.45, 7) is 3.99. The molecule has 0 spiro atoms. The third-order valence-electron chi connectivity index (χ3n) is 5.05. The van der Waals surface area contributed by atoms with Gasteiger partial charge in [-0.2, -0.15) is 0 Å². The summed E-state index contributed by atoms with van der Waals surface area (Å²) in [5.74, 6) is -1.06. The van der Waals surface area contributed by atoms with Crippen LogP contribution in [0.2, 0.25) is 0 Å². The third-order valence-corrected chi connectivity index (χ3v) is 5.05. The van der Waals surface area contributed by atoms with E-state index < -0.39 is 11.6 Å². The van der Waals surface area contributed by atoms with Crippen molar-refractivity contribution in [1.82, 2.24) is 19.6 Å². The Hall–Kier alpha value is -3.35. The minimum atomic E-state index is -0.657. The summed E-state index contributed by atoms with van der Waals surface area (Å²) in [6.07, 6.45) is 4.35. The van der Waals surface area contributed by atoms with E-state index in [2.05, 4.69) is 15.2 Å². The third kappa shape index (κ3) is 3.55. The maximum Gasteiger partial charge on any atom is 0.168 e. The number of aromatic nitrogens is 4. The maximum absolute atomic E-state index is 14.3. The van der Waals surface area contributed by atoms with Crippen molar-refractivity contribution < 1.29 is 13.5 Å². The molecule has 0 radical (unpaired) electrons. The normalized spacial score (nSPS) is 11.2. The van der Waals surface area contributed by atoms with E-state index in [4.69, 9.17) is 4.74 Å². The summed E-state index contributed by atoms with van der Waals surface area (Å²) in [5, 5.41) is 8.33. The molecule has 148 valence electrons. The monoisotopic (exact) mass is 394 g/mol. The number of pyridine rings is 2. The van der Waals surface area contributed by atoms with E-state index in [1.54, 1.807) is 6.33 Å². The first-order valence-electron chi connectivity index (χ1n) is 9.25. The molecule has 5 nitrogen and oxygen atoms in total. The van der Waals surface area contributed by atoms with Crippen molar-refractivity contribution in [2.75, 3.05) is 7.11 Å². The van der Waals surface area contributed by atoms with E-state index in [0.717, 1.165) is 34.1 Å². The number of fused-ring (bicyclic) bond motifs is 1. The molecule has 0 saturated heterocycles. The molecule has 1 aromatic carbocycles. The number of rotatable bonds is 5. The van der Waals surface area contributed by atoms with E-state index in [1.807, 2.05) is 42.6 Å². The number of hydrogen-bond donors (Lipinski definition) is 0. The Morgan fingerprint density at radius 2 is 1.86 bits per heavy atom. The molecule has 0 atom stereocenters. The van der Waals surface area contributed by atoms with E-state index >= 15 is 0 Å². The number of nitrogens with zero attached hydrogens (tertiary/aromatic N) is 4. The zero-order chi connectivity index (χ0) is 20.5. The zero-order valence-electron chi connectivity index (χ0n) is 16.4. The van der Waals surface area contributed by atoms with Crippen molar-refractivity contribution in [3.63, 3.8) is 0 Å². The predicted molar refractivity (Wildman–Crippen MR) is 106 cm³/mol. The maximum atomic E-state index is 14.3. The van der Waals surface area contributed by atoms with Gasteiger partial charge in [0, 0.05) is 46.4 Å². The SMILES string of the molecule is COc1cc(F)cc(F)c1CCc1ccc(-c2cnc(C)cc2C)c2nncn12. The second-order valence-electron chi connectivity index (χ2n) is 6.97. The van der Waals surface area contributed by atoms with Crippen LogP contribution in [0.25, 0.3) is 16.8 Å². The van der Waals surface area contributed by atoms with Crippen LogP contribution in [0.4, 0.5) is 8.78 Å². The van der Waals surface area contributed by atoms with Gasteiger partial charge in [-0.15, -0.1) is 10.2 Å². The molecule has 0 aliphatic carbocycles. The summed E-state index contributed by atoms with van der Waals surface area (Å²) in [6, 6.07) is 8.06. The molecule has 0 unspecified atom stereocenters. The quantitative estimate of drug-likeness (QED) is 0.501. The minimum Gasteiger partial charge on any atom is -0.496 e. The van der Waals surface area contributed by atoms with Gasteiger partial charge in [0.1, 0.15) is 23.7 Å². The summed E-state index contributed by atoms with van der Waals surface area (Å²) in [4.78, 5) is 4.40. The highest BCUT2D eigenvalue weighted by Gasteiger charge is 2.15. The van der Waals surface area contributed by atoms with E-state index in [9.17, 15) is 8.78 Å².